The zero-order valence-electron chi connectivity index (χ0n) is 20.0. The SMILES string of the molecule is CCOc1ccc(C(Nc2cccc(C)n2)c2c(NC(=O)c3ccco3)sc3c2CCCC3)cc1. The molecule has 0 spiro atoms. The number of benzene rings is 1. The van der Waals surface area contributed by atoms with Crippen LogP contribution in [0.4, 0.5) is 10.8 Å². The van der Waals surface area contributed by atoms with Gasteiger partial charge in [-0.05, 0) is 87.1 Å². The van der Waals surface area contributed by atoms with Gasteiger partial charge in [-0.1, -0.05) is 18.2 Å². The lowest BCUT2D eigenvalue weighted by molar-refractivity contribution is 0.0997. The number of thiophene rings is 1. The molecular formula is C28H29N3O3S. The summed E-state index contributed by atoms with van der Waals surface area (Å²) in [5.74, 6) is 1.69. The van der Waals surface area contributed by atoms with Gasteiger partial charge >= 0.3 is 0 Å². The van der Waals surface area contributed by atoms with Crippen LogP contribution in [0.1, 0.15) is 63.6 Å². The molecule has 1 aromatic carbocycles. The fraction of sp³-hybridized carbons (Fsp3) is 0.286. The number of ether oxygens (including phenoxy) is 1. The topological polar surface area (TPSA) is 76.4 Å². The van der Waals surface area contributed by atoms with E-state index in [1.165, 1.54) is 23.1 Å². The molecule has 2 N–H and O–H groups in total. The Morgan fingerprint density at radius 2 is 1.94 bits per heavy atom. The van der Waals surface area contributed by atoms with Gasteiger partial charge < -0.3 is 19.8 Å². The standard InChI is InChI=1S/C28H29N3O3S/c1-3-33-20-15-13-19(14-16-20)26(30-24-12-6-8-18(2)29-24)25-21-9-4-5-11-23(21)35-28(25)31-27(32)22-10-7-17-34-22/h6-8,10,12-17,26H,3-5,9,11H2,1-2H3,(H,29,30)(H,31,32). The van der Waals surface area contributed by atoms with Crippen molar-refractivity contribution in [1.82, 2.24) is 4.98 Å². The summed E-state index contributed by atoms with van der Waals surface area (Å²) in [6.45, 7) is 4.58. The van der Waals surface area contributed by atoms with Crippen LogP contribution >= 0.6 is 11.3 Å². The van der Waals surface area contributed by atoms with Crippen molar-refractivity contribution in [1.29, 1.82) is 0 Å². The molecule has 1 atom stereocenters. The zero-order valence-corrected chi connectivity index (χ0v) is 20.8. The summed E-state index contributed by atoms with van der Waals surface area (Å²) in [5, 5.41) is 7.68. The Kier molecular flexibility index (Phi) is 6.86. The molecule has 0 saturated heterocycles. The average molecular weight is 488 g/mol. The van der Waals surface area contributed by atoms with E-state index >= 15 is 0 Å². The predicted molar refractivity (Wildman–Crippen MR) is 140 cm³/mol. The van der Waals surface area contributed by atoms with Crippen molar-refractivity contribution in [3.63, 3.8) is 0 Å². The summed E-state index contributed by atoms with van der Waals surface area (Å²) in [4.78, 5) is 19.0. The molecule has 6 nitrogen and oxygen atoms in total. The molecule has 180 valence electrons. The van der Waals surface area contributed by atoms with Crippen LogP contribution in [0.2, 0.25) is 0 Å². The fourth-order valence-electron chi connectivity index (χ4n) is 4.58. The molecule has 1 amide bonds. The molecule has 1 unspecified atom stereocenters. The highest BCUT2D eigenvalue weighted by Gasteiger charge is 2.29. The first kappa shape index (κ1) is 23.2. The van der Waals surface area contributed by atoms with Crippen molar-refractivity contribution in [2.24, 2.45) is 0 Å². The maximum atomic E-state index is 13.0. The smallest absolute Gasteiger partial charge is 0.291 e. The zero-order chi connectivity index (χ0) is 24.2. The molecule has 4 aromatic rings. The number of nitrogens with one attached hydrogen (secondary N) is 2. The molecule has 5 rings (SSSR count). The second kappa shape index (κ2) is 10.4. The van der Waals surface area contributed by atoms with Crippen molar-refractivity contribution in [2.45, 2.75) is 45.6 Å². The Morgan fingerprint density at radius 3 is 2.69 bits per heavy atom. The lowest BCUT2D eigenvalue weighted by Crippen LogP contribution is -2.19. The van der Waals surface area contributed by atoms with E-state index in [2.05, 4.69) is 22.8 Å². The second-order valence-electron chi connectivity index (χ2n) is 8.63. The second-order valence-corrected chi connectivity index (χ2v) is 9.73. The lowest BCUT2D eigenvalue weighted by atomic mass is 9.89. The summed E-state index contributed by atoms with van der Waals surface area (Å²) in [6, 6.07) is 17.4. The van der Waals surface area contributed by atoms with Gasteiger partial charge in [-0.15, -0.1) is 11.3 Å². The van der Waals surface area contributed by atoms with Crippen LogP contribution in [0, 0.1) is 6.92 Å². The molecule has 0 fully saturated rings. The highest BCUT2D eigenvalue weighted by Crippen LogP contribution is 2.44. The van der Waals surface area contributed by atoms with Crippen molar-refractivity contribution in [3.8, 4) is 5.75 Å². The molecule has 3 heterocycles. The number of hydrogen-bond acceptors (Lipinski definition) is 6. The van der Waals surface area contributed by atoms with Gasteiger partial charge in [-0.2, -0.15) is 0 Å². The fourth-order valence-corrected chi connectivity index (χ4v) is 5.90. The molecule has 0 bridgehead atoms. The van der Waals surface area contributed by atoms with Gasteiger partial charge in [0.25, 0.3) is 5.91 Å². The first-order chi connectivity index (χ1) is 17.1. The Hall–Kier alpha value is -3.58. The Bertz CT molecular complexity index is 1300. The highest BCUT2D eigenvalue weighted by atomic mass is 32.1. The minimum absolute atomic E-state index is 0.190. The third-order valence-corrected chi connectivity index (χ3v) is 7.40. The van der Waals surface area contributed by atoms with Gasteiger partial charge in [0.05, 0.1) is 18.9 Å². The quantitative estimate of drug-likeness (QED) is 0.287. The molecule has 35 heavy (non-hydrogen) atoms. The first-order valence-corrected chi connectivity index (χ1v) is 12.9. The van der Waals surface area contributed by atoms with E-state index in [1.807, 2.05) is 44.2 Å². The highest BCUT2D eigenvalue weighted by molar-refractivity contribution is 7.16. The number of hydrogen-bond donors (Lipinski definition) is 2. The summed E-state index contributed by atoms with van der Waals surface area (Å²) >= 11 is 1.68. The molecule has 1 aliphatic rings. The molecule has 7 heteroatoms. The number of rotatable bonds is 8. The minimum Gasteiger partial charge on any atom is -0.494 e. The van der Waals surface area contributed by atoms with Gasteiger partial charge in [-0.3, -0.25) is 4.79 Å². The number of carbonyl (C=O) groups excluding carboxylic acids is 1. The number of anilines is 2. The lowest BCUT2D eigenvalue weighted by Gasteiger charge is -2.24. The monoisotopic (exact) mass is 487 g/mol. The number of nitrogens with zero attached hydrogens (tertiary/aromatic N) is 1. The molecular weight excluding hydrogens is 458 g/mol. The normalized spacial score (nSPS) is 13.7. The van der Waals surface area contributed by atoms with E-state index in [0.717, 1.165) is 52.7 Å². The summed E-state index contributed by atoms with van der Waals surface area (Å²) in [6.07, 6.45) is 5.85. The van der Waals surface area contributed by atoms with Crippen LogP contribution in [0.3, 0.4) is 0 Å². The maximum absolute atomic E-state index is 13.0. The largest absolute Gasteiger partial charge is 0.494 e. The Morgan fingerprint density at radius 1 is 1.11 bits per heavy atom. The maximum Gasteiger partial charge on any atom is 0.291 e. The number of amides is 1. The number of furan rings is 1. The van der Waals surface area contributed by atoms with Gasteiger partial charge in [0.1, 0.15) is 16.6 Å². The van der Waals surface area contributed by atoms with E-state index in [1.54, 1.807) is 23.5 Å². The number of aromatic nitrogens is 1. The van der Waals surface area contributed by atoms with E-state index in [9.17, 15) is 4.79 Å². The molecule has 1 aliphatic carbocycles. The summed E-state index contributed by atoms with van der Waals surface area (Å²) in [5.41, 5.74) is 4.46. The van der Waals surface area contributed by atoms with E-state index in [-0.39, 0.29) is 11.9 Å². The molecule has 0 aliphatic heterocycles. The van der Waals surface area contributed by atoms with Gasteiger partial charge in [0.2, 0.25) is 0 Å². The van der Waals surface area contributed by atoms with Crippen LogP contribution in [0.25, 0.3) is 0 Å². The van der Waals surface area contributed by atoms with Crippen molar-refractivity contribution >= 4 is 28.1 Å². The number of aryl methyl sites for hydroxylation is 2. The summed E-state index contributed by atoms with van der Waals surface area (Å²) < 4.78 is 11.0. The predicted octanol–water partition coefficient (Wildman–Crippen LogP) is 6.78. The van der Waals surface area contributed by atoms with E-state index in [0.29, 0.717) is 12.4 Å². The van der Waals surface area contributed by atoms with Gasteiger partial charge in [-0.25, -0.2) is 4.98 Å². The van der Waals surface area contributed by atoms with Crippen LogP contribution in [-0.4, -0.2) is 17.5 Å². The number of fused-ring (bicyclic) bond motifs is 1. The van der Waals surface area contributed by atoms with Crippen molar-refractivity contribution in [2.75, 3.05) is 17.2 Å². The number of pyridine rings is 1. The van der Waals surface area contributed by atoms with E-state index < -0.39 is 0 Å². The van der Waals surface area contributed by atoms with Crippen molar-refractivity contribution < 1.29 is 13.9 Å². The Labute approximate surface area is 209 Å². The van der Waals surface area contributed by atoms with Crippen LogP contribution in [-0.2, 0) is 12.8 Å². The summed E-state index contributed by atoms with van der Waals surface area (Å²) in [7, 11) is 0. The molecule has 0 saturated carbocycles. The number of carbonyl (C=O) groups is 1. The molecule has 3 aromatic heterocycles. The van der Waals surface area contributed by atoms with Crippen molar-refractivity contribution in [3.05, 3.63) is 93.9 Å². The van der Waals surface area contributed by atoms with Crippen LogP contribution < -0.4 is 15.4 Å². The Balaban J connectivity index is 1.60. The van der Waals surface area contributed by atoms with Gasteiger partial charge in [0.15, 0.2) is 5.76 Å². The van der Waals surface area contributed by atoms with Gasteiger partial charge in [0, 0.05) is 16.1 Å². The van der Waals surface area contributed by atoms with E-state index in [4.69, 9.17) is 14.1 Å². The van der Waals surface area contributed by atoms with Crippen LogP contribution in [0.15, 0.2) is 65.3 Å². The third-order valence-electron chi connectivity index (χ3n) is 6.18. The third kappa shape index (κ3) is 5.10. The van der Waals surface area contributed by atoms with Crippen LogP contribution in [0.5, 0.6) is 5.75 Å². The first-order valence-electron chi connectivity index (χ1n) is 12.0. The molecule has 0 radical (unpaired) electrons. The average Bonchev–Trinajstić information content (AvgIpc) is 3.52. The minimum atomic E-state index is -0.242.